The highest BCUT2D eigenvalue weighted by atomic mass is 35.5. The van der Waals surface area contributed by atoms with E-state index in [-0.39, 0.29) is 0 Å². The van der Waals surface area contributed by atoms with Crippen molar-refractivity contribution in [2.24, 2.45) is 0 Å². The summed E-state index contributed by atoms with van der Waals surface area (Å²) in [6.07, 6.45) is 0. The third-order valence-corrected chi connectivity index (χ3v) is 2.87. The van der Waals surface area contributed by atoms with E-state index in [1.54, 1.807) is 0 Å². The van der Waals surface area contributed by atoms with Gasteiger partial charge in [-0.3, -0.25) is 4.57 Å². The van der Waals surface area contributed by atoms with Crippen LogP contribution >= 0.6 is 11.6 Å². The molecule has 0 spiro atoms. The second-order valence-corrected chi connectivity index (χ2v) is 4.12. The van der Waals surface area contributed by atoms with Crippen molar-refractivity contribution in [2.45, 2.75) is 13.1 Å². The maximum absolute atomic E-state index is 5.97. The Kier molecular flexibility index (Phi) is 2.08. The van der Waals surface area contributed by atoms with Crippen LogP contribution in [0.1, 0.15) is 11.4 Å². The Morgan fingerprint density at radius 3 is 3.06 bits per heavy atom. The lowest BCUT2D eigenvalue weighted by molar-refractivity contribution is 0.674. The minimum absolute atomic E-state index is 0.405. The molecule has 82 valence electrons. The summed E-state index contributed by atoms with van der Waals surface area (Å²) in [5, 5.41) is 11.9. The summed E-state index contributed by atoms with van der Waals surface area (Å²) in [5.41, 5.74) is 7.90. The summed E-state index contributed by atoms with van der Waals surface area (Å²) in [5.74, 6) is 1.22. The largest absolute Gasteiger partial charge is 0.368 e. The highest BCUT2D eigenvalue weighted by Crippen LogP contribution is 2.24. The molecule has 1 aromatic carbocycles. The Morgan fingerprint density at radius 1 is 1.31 bits per heavy atom. The predicted molar refractivity (Wildman–Crippen MR) is 61.3 cm³/mol. The number of benzene rings is 1. The summed E-state index contributed by atoms with van der Waals surface area (Å²) in [6.45, 7) is 1.40. The van der Waals surface area contributed by atoms with Crippen molar-refractivity contribution in [1.29, 1.82) is 0 Å². The fourth-order valence-electron chi connectivity index (χ4n) is 1.93. The molecule has 0 unspecified atom stereocenters. The van der Waals surface area contributed by atoms with Gasteiger partial charge >= 0.3 is 0 Å². The maximum Gasteiger partial charge on any atom is 0.226 e. The molecule has 3 N–H and O–H groups in total. The van der Waals surface area contributed by atoms with Crippen LogP contribution in [0.25, 0.3) is 5.69 Å². The van der Waals surface area contributed by atoms with Gasteiger partial charge in [-0.2, -0.15) is 0 Å². The lowest BCUT2D eigenvalue weighted by atomic mass is 10.2. The summed E-state index contributed by atoms with van der Waals surface area (Å²) >= 11 is 5.97. The summed E-state index contributed by atoms with van der Waals surface area (Å²) in [6, 6.07) is 5.71. The zero-order valence-electron chi connectivity index (χ0n) is 8.44. The first-order valence-corrected chi connectivity index (χ1v) is 5.33. The number of nitrogens with zero attached hydrogens (tertiary/aromatic N) is 3. The molecular weight excluding hydrogens is 226 g/mol. The van der Waals surface area contributed by atoms with Crippen LogP contribution in [0.5, 0.6) is 0 Å². The third-order valence-electron chi connectivity index (χ3n) is 2.64. The Labute approximate surface area is 97.2 Å². The lowest BCUT2D eigenvalue weighted by Crippen LogP contribution is -2.11. The molecule has 1 aliphatic heterocycles. The van der Waals surface area contributed by atoms with Crippen LogP contribution in [0, 0.1) is 0 Å². The van der Waals surface area contributed by atoms with Gasteiger partial charge in [0.15, 0.2) is 5.82 Å². The van der Waals surface area contributed by atoms with Crippen molar-refractivity contribution < 1.29 is 0 Å². The van der Waals surface area contributed by atoms with Crippen molar-refractivity contribution in [3.63, 3.8) is 0 Å². The Hall–Kier alpha value is -1.59. The van der Waals surface area contributed by atoms with Gasteiger partial charge in [0.25, 0.3) is 0 Å². The van der Waals surface area contributed by atoms with Crippen LogP contribution in [0.15, 0.2) is 18.2 Å². The standard InChI is InChI=1S/C10H10ClN5/c11-7-1-2-8-6(3-7)4-13-5-9-14-15-10(12)16(8)9/h1-3,13H,4-5H2,(H2,12,15). The average Bonchev–Trinajstić information content (AvgIpc) is 2.53. The Morgan fingerprint density at radius 2 is 2.19 bits per heavy atom. The van der Waals surface area contributed by atoms with E-state index in [9.17, 15) is 0 Å². The molecule has 2 aromatic rings. The highest BCUT2D eigenvalue weighted by molar-refractivity contribution is 6.30. The number of halogens is 1. The van der Waals surface area contributed by atoms with Gasteiger partial charge in [0.05, 0.1) is 12.2 Å². The van der Waals surface area contributed by atoms with Crippen molar-refractivity contribution in [3.8, 4) is 5.69 Å². The van der Waals surface area contributed by atoms with Crippen LogP contribution in [0.3, 0.4) is 0 Å². The summed E-state index contributed by atoms with van der Waals surface area (Å²) in [7, 11) is 0. The molecular formula is C10H10ClN5. The van der Waals surface area contributed by atoms with Crippen LogP contribution < -0.4 is 11.1 Å². The van der Waals surface area contributed by atoms with Gasteiger partial charge in [0, 0.05) is 11.6 Å². The number of rotatable bonds is 0. The highest BCUT2D eigenvalue weighted by Gasteiger charge is 2.17. The molecule has 0 atom stereocenters. The monoisotopic (exact) mass is 235 g/mol. The van der Waals surface area contributed by atoms with Crippen LogP contribution in [0.2, 0.25) is 5.02 Å². The number of aromatic nitrogens is 3. The molecule has 0 saturated carbocycles. The second kappa shape index (κ2) is 3.47. The molecule has 3 rings (SSSR count). The van der Waals surface area contributed by atoms with Gasteiger partial charge in [0.2, 0.25) is 5.95 Å². The Bertz CT molecular complexity index is 548. The van der Waals surface area contributed by atoms with Crippen LogP contribution in [0.4, 0.5) is 5.95 Å². The number of nitrogens with two attached hydrogens (primary N) is 1. The third kappa shape index (κ3) is 1.36. The molecule has 0 bridgehead atoms. The van der Waals surface area contributed by atoms with Gasteiger partial charge < -0.3 is 11.1 Å². The number of hydrogen-bond donors (Lipinski definition) is 2. The predicted octanol–water partition coefficient (Wildman–Crippen LogP) is 1.11. The minimum atomic E-state index is 0.405. The molecule has 6 heteroatoms. The maximum atomic E-state index is 5.97. The fourth-order valence-corrected chi connectivity index (χ4v) is 2.12. The van der Waals surface area contributed by atoms with Crippen LogP contribution in [-0.2, 0) is 13.1 Å². The Balaban J connectivity index is 2.28. The van der Waals surface area contributed by atoms with E-state index in [4.69, 9.17) is 17.3 Å². The topological polar surface area (TPSA) is 68.8 Å². The zero-order valence-corrected chi connectivity index (χ0v) is 9.20. The average molecular weight is 236 g/mol. The second-order valence-electron chi connectivity index (χ2n) is 3.69. The van der Waals surface area contributed by atoms with E-state index < -0.39 is 0 Å². The van der Waals surface area contributed by atoms with Gasteiger partial charge in [-0.25, -0.2) is 0 Å². The molecule has 0 aliphatic carbocycles. The van der Waals surface area contributed by atoms with E-state index >= 15 is 0 Å². The molecule has 1 aliphatic rings. The van der Waals surface area contributed by atoms with E-state index in [2.05, 4.69) is 15.5 Å². The number of anilines is 1. The van der Waals surface area contributed by atoms with Crippen molar-refractivity contribution >= 4 is 17.5 Å². The molecule has 0 amide bonds. The van der Waals surface area contributed by atoms with E-state index in [0.29, 0.717) is 12.5 Å². The van der Waals surface area contributed by atoms with E-state index in [1.807, 2.05) is 22.8 Å². The first-order chi connectivity index (χ1) is 7.75. The fraction of sp³-hybridized carbons (Fsp3) is 0.200. The molecule has 2 heterocycles. The van der Waals surface area contributed by atoms with Crippen LogP contribution in [-0.4, -0.2) is 14.8 Å². The molecule has 0 radical (unpaired) electrons. The number of hydrogen-bond acceptors (Lipinski definition) is 4. The number of nitrogens with one attached hydrogen (secondary N) is 1. The minimum Gasteiger partial charge on any atom is -0.368 e. The van der Waals surface area contributed by atoms with Gasteiger partial charge in [-0.05, 0) is 23.8 Å². The van der Waals surface area contributed by atoms with Crippen molar-refractivity contribution in [3.05, 3.63) is 34.6 Å². The summed E-state index contributed by atoms with van der Waals surface area (Å²) < 4.78 is 1.85. The molecule has 5 nitrogen and oxygen atoms in total. The van der Waals surface area contributed by atoms with E-state index in [0.717, 1.165) is 28.6 Å². The zero-order chi connectivity index (χ0) is 11.1. The van der Waals surface area contributed by atoms with Crippen molar-refractivity contribution in [2.75, 3.05) is 5.73 Å². The number of nitrogen functional groups attached to an aromatic ring is 1. The summed E-state index contributed by atoms with van der Waals surface area (Å²) in [4.78, 5) is 0. The first-order valence-electron chi connectivity index (χ1n) is 4.95. The SMILES string of the molecule is Nc1nnc2n1-c1ccc(Cl)cc1CNC2. The normalized spacial score (nSPS) is 14.1. The molecule has 0 fully saturated rings. The van der Waals surface area contributed by atoms with Gasteiger partial charge in [-0.15, -0.1) is 10.2 Å². The molecule has 16 heavy (non-hydrogen) atoms. The van der Waals surface area contributed by atoms with E-state index in [1.165, 1.54) is 0 Å². The first kappa shape index (κ1) is 9.62. The smallest absolute Gasteiger partial charge is 0.226 e. The number of fused-ring (bicyclic) bond motifs is 3. The van der Waals surface area contributed by atoms with Gasteiger partial charge in [0.1, 0.15) is 0 Å². The molecule has 1 aromatic heterocycles. The lowest BCUT2D eigenvalue weighted by Gasteiger charge is -2.09. The quantitative estimate of drug-likeness (QED) is 0.718. The molecule has 0 saturated heterocycles. The van der Waals surface area contributed by atoms with Crippen molar-refractivity contribution in [1.82, 2.24) is 20.1 Å². The van der Waals surface area contributed by atoms with Gasteiger partial charge in [-0.1, -0.05) is 11.6 Å².